The molecule has 3 rings (SSSR count). The Hall–Kier alpha value is -1.16. The molecule has 2 fully saturated rings. The first kappa shape index (κ1) is 12.9. The quantitative estimate of drug-likeness (QED) is 0.901. The summed E-state index contributed by atoms with van der Waals surface area (Å²) >= 11 is 0. The van der Waals surface area contributed by atoms with Crippen LogP contribution < -0.4 is 10.2 Å². The van der Waals surface area contributed by atoms with E-state index >= 15 is 0 Å². The number of aryl methyl sites for hydroxylation is 1. The van der Waals surface area contributed by atoms with E-state index in [4.69, 9.17) is 4.98 Å². The number of rotatable bonds is 4. The molecule has 1 aromatic rings. The fourth-order valence-corrected chi connectivity index (χ4v) is 3.28. The van der Waals surface area contributed by atoms with Gasteiger partial charge in [-0.25, -0.2) is 9.97 Å². The second kappa shape index (κ2) is 5.08. The molecule has 1 aliphatic carbocycles. The molecule has 0 spiro atoms. The first-order valence-electron chi connectivity index (χ1n) is 7.46. The van der Waals surface area contributed by atoms with Crippen LogP contribution in [0.4, 0.5) is 5.95 Å². The summed E-state index contributed by atoms with van der Waals surface area (Å²) in [4.78, 5) is 11.7. The number of aromatic nitrogens is 2. The molecular weight excluding hydrogens is 236 g/mol. The van der Waals surface area contributed by atoms with Crippen molar-refractivity contribution in [2.24, 2.45) is 5.92 Å². The Morgan fingerprint density at radius 2 is 2.26 bits per heavy atom. The first-order valence-corrected chi connectivity index (χ1v) is 7.46. The second-order valence-electron chi connectivity index (χ2n) is 6.30. The Morgan fingerprint density at radius 3 is 2.84 bits per heavy atom. The molecule has 1 saturated heterocycles. The van der Waals surface area contributed by atoms with Crippen LogP contribution in [0.25, 0.3) is 0 Å². The van der Waals surface area contributed by atoms with Gasteiger partial charge in [0.1, 0.15) is 0 Å². The van der Waals surface area contributed by atoms with Gasteiger partial charge in [0, 0.05) is 42.6 Å². The number of hydrogen-bond acceptors (Lipinski definition) is 4. The van der Waals surface area contributed by atoms with Crippen LogP contribution in [0.15, 0.2) is 6.20 Å². The molecule has 2 atom stereocenters. The van der Waals surface area contributed by atoms with Crippen LogP contribution in [0.2, 0.25) is 0 Å². The summed E-state index contributed by atoms with van der Waals surface area (Å²) in [5.74, 6) is 1.83. The van der Waals surface area contributed by atoms with Crippen molar-refractivity contribution in [1.82, 2.24) is 15.3 Å². The number of nitrogens with zero attached hydrogens (tertiary/aromatic N) is 3. The molecule has 1 saturated carbocycles. The average Bonchev–Trinajstić information content (AvgIpc) is 2.99. The topological polar surface area (TPSA) is 41.1 Å². The van der Waals surface area contributed by atoms with Crippen molar-refractivity contribution in [3.8, 4) is 0 Å². The van der Waals surface area contributed by atoms with E-state index in [9.17, 15) is 0 Å². The van der Waals surface area contributed by atoms with Gasteiger partial charge in [0.15, 0.2) is 0 Å². The summed E-state index contributed by atoms with van der Waals surface area (Å²) in [5.41, 5.74) is 2.32. The van der Waals surface area contributed by atoms with Gasteiger partial charge in [-0.05, 0) is 32.1 Å². The highest BCUT2D eigenvalue weighted by molar-refractivity contribution is 5.37. The molecule has 0 amide bonds. The normalized spacial score (nSPS) is 25.6. The van der Waals surface area contributed by atoms with Crippen LogP contribution in [-0.4, -0.2) is 28.6 Å². The van der Waals surface area contributed by atoms with Crippen molar-refractivity contribution in [2.75, 3.05) is 11.4 Å². The molecule has 1 aliphatic heterocycles. The lowest BCUT2D eigenvalue weighted by Crippen LogP contribution is -2.33. The summed E-state index contributed by atoms with van der Waals surface area (Å²) in [7, 11) is 0. The summed E-state index contributed by atoms with van der Waals surface area (Å²) < 4.78 is 0. The van der Waals surface area contributed by atoms with Crippen LogP contribution >= 0.6 is 0 Å². The minimum atomic E-state index is 0.494. The molecule has 2 aliphatic rings. The Labute approximate surface area is 115 Å². The Kier molecular flexibility index (Phi) is 3.44. The minimum Gasteiger partial charge on any atom is -0.338 e. The summed E-state index contributed by atoms with van der Waals surface area (Å²) in [5, 5.41) is 3.43. The van der Waals surface area contributed by atoms with Crippen LogP contribution in [-0.2, 0) is 6.54 Å². The van der Waals surface area contributed by atoms with E-state index in [-0.39, 0.29) is 0 Å². The van der Waals surface area contributed by atoms with E-state index in [1.165, 1.54) is 24.8 Å². The largest absolute Gasteiger partial charge is 0.338 e. The molecular formula is C15H24N4. The third-order valence-electron chi connectivity index (χ3n) is 4.44. The summed E-state index contributed by atoms with van der Waals surface area (Å²) in [6.45, 7) is 8.43. The third kappa shape index (κ3) is 2.59. The molecule has 19 heavy (non-hydrogen) atoms. The fourth-order valence-electron chi connectivity index (χ4n) is 3.28. The van der Waals surface area contributed by atoms with Gasteiger partial charge in [-0.15, -0.1) is 0 Å². The highest BCUT2D eigenvalue weighted by Gasteiger charge is 2.38. The van der Waals surface area contributed by atoms with Crippen molar-refractivity contribution >= 4 is 5.95 Å². The predicted octanol–water partition coefficient (Wildman–Crippen LogP) is 2.27. The molecule has 4 heteroatoms. The second-order valence-corrected chi connectivity index (χ2v) is 6.30. The molecule has 1 aromatic heterocycles. The molecule has 1 N–H and O–H groups in total. The number of piperidine rings is 1. The zero-order valence-corrected chi connectivity index (χ0v) is 12.2. The first-order chi connectivity index (χ1) is 9.13. The average molecular weight is 260 g/mol. The van der Waals surface area contributed by atoms with Crippen LogP contribution in [0.3, 0.4) is 0 Å². The SMILES string of the molecule is Cc1nc(N2CC3CCC2C3)ncc1CNC(C)C. The maximum absolute atomic E-state index is 4.73. The van der Waals surface area contributed by atoms with Crippen molar-refractivity contribution in [3.63, 3.8) is 0 Å². The van der Waals surface area contributed by atoms with Crippen molar-refractivity contribution in [3.05, 3.63) is 17.5 Å². The Morgan fingerprint density at radius 1 is 1.42 bits per heavy atom. The fraction of sp³-hybridized carbons (Fsp3) is 0.733. The van der Waals surface area contributed by atoms with Crippen molar-refractivity contribution in [2.45, 2.75) is 58.7 Å². The van der Waals surface area contributed by atoms with E-state index in [1.54, 1.807) is 0 Å². The van der Waals surface area contributed by atoms with Gasteiger partial charge < -0.3 is 10.2 Å². The van der Waals surface area contributed by atoms with Gasteiger partial charge in [0.2, 0.25) is 5.95 Å². The monoisotopic (exact) mass is 260 g/mol. The van der Waals surface area contributed by atoms with E-state index in [0.717, 1.165) is 30.6 Å². The third-order valence-corrected chi connectivity index (χ3v) is 4.44. The zero-order valence-electron chi connectivity index (χ0n) is 12.2. The lowest BCUT2D eigenvalue weighted by Gasteiger charge is -2.27. The lowest BCUT2D eigenvalue weighted by atomic mass is 10.1. The van der Waals surface area contributed by atoms with Gasteiger partial charge in [-0.1, -0.05) is 13.8 Å². The van der Waals surface area contributed by atoms with E-state index in [1.807, 2.05) is 6.20 Å². The molecule has 0 radical (unpaired) electrons. The van der Waals surface area contributed by atoms with Gasteiger partial charge in [0.25, 0.3) is 0 Å². The zero-order chi connectivity index (χ0) is 13.4. The Bertz CT molecular complexity index is 457. The van der Waals surface area contributed by atoms with E-state index < -0.39 is 0 Å². The number of anilines is 1. The predicted molar refractivity (Wildman–Crippen MR) is 77.2 cm³/mol. The van der Waals surface area contributed by atoms with E-state index in [0.29, 0.717) is 12.1 Å². The maximum Gasteiger partial charge on any atom is 0.225 e. The molecule has 2 bridgehead atoms. The highest BCUT2D eigenvalue weighted by atomic mass is 15.3. The van der Waals surface area contributed by atoms with Gasteiger partial charge in [0.05, 0.1) is 0 Å². The minimum absolute atomic E-state index is 0.494. The van der Waals surface area contributed by atoms with Gasteiger partial charge >= 0.3 is 0 Å². The number of hydrogen-bond donors (Lipinski definition) is 1. The highest BCUT2D eigenvalue weighted by Crippen LogP contribution is 2.38. The molecule has 2 unspecified atom stereocenters. The maximum atomic E-state index is 4.73. The van der Waals surface area contributed by atoms with Crippen molar-refractivity contribution in [1.29, 1.82) is 0 Å². The van der Waals surface area contributed by atoms with E-state index in [2.05, 4.69) is 36.0 Å². The summed E-state index contributed by atoms with van der Waals surface area (Å²) in [6.07, 6.45) is 6.07. The molecule has 2 heterocycles. The van der Waals surface area contributed by atoms with Gasteiger partial charge in [-0.3, -0.25) is 0 Å². The standard InChI is InChI=1S/C15H24N4/c1-10(2)16-7-13-8-17-15(18-11(13)3)19-9-12-4-5-14(19)6-12/h8,10,12,14,16H,4-7,9H2,1-3H3. The molecule has 0 aromatic carbocycles. The van der Waals surface area contributed by atoms with Crippen LogP contribution in [0.5, 0.6) is 0 Å². The Balaban J connectivity index is 1.72. The number of fused-ring (bicyclic) bond motifs is 2. The van der Waals surface area contributed by atoms with Gasteiger partial charge in [-0.2, -0.15) is 0 Å². The van der Waals surface area contributed by atoms with Crippen molar-refractivity contribution < 1.29 is 0 Å². The molecule has 104 valence electrons. The van der Waals surface area contributed by atoms with Crippen LogP contribution in [0, 0.1) is 12.8 Å². The van der Waals surface area contributed by atoms with Crippen LogP contribution in [0.1, 0.15) is 44.4 Å². The summed E-state index contributed by atoms with van der Waals surface area (Å²) in [6, 6.07) is 1.19. The molecule has 4 nitrogen and oxygen atoms in total. The smallest absolute Gasteiger partial charge is 0.225 e. The number of nitrogens with one attached hydrogen (secondary N) is 1. The lowest BCUT2D eigenvalue weighted by molar-refractivity contribution is 0.545.